The van der Waals surface area contributed by atoms with E-state index in [1.807, 2.05) is 0 Å². The summed E-state index contributed by atoms with van der Waals surface area (Å²) in [4.78, 5) is 24.2. The number of esters is 1. The lowest BCUT2D eigenvalue weighted by Gasteiger charge is -2.03. The molecule has 1 aromatic carbocycles. The molecule has 0 aliphatic carbocycles. The fourth-order valence-corrected chi connectivity index (χ4v) is 1.91. The van der Waals surface area contributed by atoms with Crippen molar-refractivity contribution in [2.24, 2.45) is 0 Å². The van der Waals surface area contributed by atoms with Crippen LogP contribution in [0.1, 0.15) is 18.9 Å². The maximum Gasteiger partial charge on any atom is 0.329 e. The van der Waals surface area contributed by atoms with Crippen LogP contribution >= 0.6 is 0 Å². The third-order valence-corrected chi connectivity index (χ3v) is 2.96. The smallest absolute Gasteiger partial charge is 0.329 e. The number of hydrogen-bond donors (Lipinski definition) is 1. The van der Waals surface area contributed by atoms with E-state index in [2.05, 4.69) is 15.5 Å². The minimum atomic E-state index is -0.458. The van der Waals surface area contributed by atoms with Crippen LogP contribution in [0.3, 0.4) is 0 Å². The number of benzene rings is 1. The molecule has 1 heterocycles. The molecular formula is C15H17FN4O3. The molecule has 0 saturated heterocycles. The first-order chi connectivity index (χ1) is 11.1. The Morgan fingerprint density at radius 3 is 2.87 bits per heavy atom. The second-order valence-corrected chi connectivity index (χ2v) is 4.70. The summed E-state index contributed by atoms with van der Waals surface area (Å²) in [5.41, 5.74) is 0.480. The molecule has 0 aliphatic heterocycles. The third kappa shape index (κ3) is 5.17. The lowest BCUT2D eigenvalue weighted by atomic mass is 10.1. The fraction of sp³-hybridized carbons (Fsp3) is 0.333. The molecule has 23 heavy (non-hydrogen) atoms. The highest BCUT2D eigenvalue weighted by molar-refractivity contribution is 5.89. The molecular weight excluding hydrogens is 303 g/mol. The molecule has 0 fully saturated rings. The Bertz CT molecular complexity index is 687. The number of carbonyl (C=O) groups is 2. The van der Waals surface area contributed by atoms with Crippen LogP contribution in [0.5, 0.6) is 0 Å². The monoisotopic (exact) mass is 320 g/mol. The molecule has 0 aliphatic rings. The molecule has 0 bridgehead atoms. The van der Waals surface area contributed by atoms with Gasteiger partial charge < -0.3 is 10.1 Å². The number of ether oxygens (including phenoxy) is 1. The van der Waals surface area contributed by atoms with E-state index in [9.17, 15) is 14.0 Å². The van der Waals surface area contributed by atoms with Crippen LogP contribution in [0.2, 0.25) is 0 Å². The van der Waals surface area contributed by atoms with Gasteiger partial charge in [0.25, 0.3) is 0 Å². The highest BCUT2D eigenvalue weighted by Gasteiger charge is 2.10. The van der Waals surface area contributed by atoms with Crippen LogP contribution in [-0.4, -0.2) is 33.5 Å². The first kappa shape index (κ1) is 16.6. The maximum atomic E-state index is 13.5. The maximum absolute atomic E-state index is 13.5. The minimum Gasteiger partial charge on any atom is -0.465 e. The van der Waals surface area contributed by atoms with E-state index in [-0.39, 0.29) is 43.5 Å². The van der Waals surface area contributed by atoms with Crippen LogP contribution in [0.25, 0.3) is 0 Å². The summed E-state index contributed by atoms with van der Waals surface area (Å²) in [5, 5.41) is 10.3. The fourth-order valence-electron chi connectivity index (χ4n) is 1.91. The zero-order valence-electron chi connectivity index (χ0n) is 12.7. The Morgan fingerprint density at radius 1 is 1.35 bits per heavy atom. The van der Waals surface area contributed by atoms with E-state index in [4.69, 9.17) is 4.74 Å². The van der Waals surface area contributed by atoms with Crippen LogP contribution in [-0.2, 0) is 27.3 Å². The van der Waals surface area contributed by atoms with Crippen molar-refractivity contribution in [3.8, 4) is 0 Å². The van der Waals surface area contributed by atoms with Crippen LogP contribution in [0.15, 0.2) is 30.5 Å². The first-order valence-corrected chi connectivity index (χ1v) is 7.17. The Hall–Kier alpha value is -2.77. The normalized spacial score (nSPS) is 10.3. The van der Waals surface area contributed by atoms with Gasteiger partial charge in [0.2, 0.25) is 5.91 Å². The molecule has 0 radical (unpaired) electrons. The summed E-state index contributed by atoms with van der Waals surface area (Å²) >= 11 is 0. The van der Waals surface area contributed by atoms with Crippen molar-refractivity contribution < 1.29 is 18.7 Å². The quantitative estimate of drug-likeness (QED) is 0.782. The summed E-state index contributed by atoms with van der Waals surface area (Å²) in [7, 11) is 0. The van der Waals surface area contributed by atoms with E-state index >= 15 is 0 Å². The second-order valence-electron chi connectivity index (χ2n) is 4.70. The van der Waals surface area contributed by atoms with E-state index < -0.39 is 5.97 Å². The van der Waals surface area contributed by atoms with Gasteiger partial charge in [0.05, 0.1) is 12.8 Å². The van der Waals surface area contributed by atoms with Crippen molar-refractivity contribution in [1.29, 1.82) is 0 Å². The predicted octanol–water partition coefficient (Wildman–Crippen LogP) is 1.55. The molecule has 0 spiro atoms. The van der Waals surface area contributed by atoms with Crippen LogP contribution in [0, 0.1) is 5.82 Å². The summed E-state index contributed by atoms with van der Waals surface area (Å²) in [6, 6.07) is 6.31. The molecule has 1 amide bonds. The highest BCUT2D eigenvalue weighted by Crippen LogP contribution is 2.09. The van der Waals surface area contributed by atoms with Crippen LogP contribution < -0.4 is 5.32 Å². The van der Waals surface area contributed by atoms with Crippen molar-refractivity contribution in [1.82, 2.24) is 15.0 Å². The zero-order chi connectivity index (χ0) is 16.7. The van der Waals surface area contributed by atoms with Crippen molar-refractivity contribution in [3.63, 3.8) is 0 Å². The van der Waals surface area contributed by atoms with Gasteiger partial charge in [-0.2, -0.15) is 9.90 Å². The number of aromatic nitrogens is 3. The van der Waals surface area contributed by atoms with Gasteiger partial charge in [-0.05, 0) is 25.0 Å². The molecule has 0 saturated carbocycles. The number of nitrogens with zero attached hydrogens (tertiary/aromatic N) is 3. The number of halogens is 1. The average Bonchev–Trinajstić information content (AvgIpc) is 2.93. The number of amides is 1. The number of anilines is 1. The standard InChI is InChI=1S/C15H17FN4O3/c1-2-23-15(22)10-20-17-9-13(19-20)18-14(21)8-7-11-5-3-4-6-12(11)16/h3-6,9H,2,7-8,10H2,1H3,(H,18,19,21). The van der Waals surface area contributed by atoms with Gasteiger partial charge in [-0.25, -0.2) is 9.18 Å². The molecule has 0 atom stereocenters. The summed E-state index contributed by atoms with van der Waals surface area (Å²) in [6.07, 6.45) is 1.74. The Morgan fingerprint density at radius 2 is 2.13 bits per heavy atom. The number of nitrogens with one attached hydrogen (secondary N) is 1. The van der Waals surface area contributed by atoms with E-state index in [1.165, 1.54) is 12.3 Å². The van der Waals surface area contributed by atoms with Gasteiger partial charge in [-0.3, -0.25) is 4.79 Å². The first-order valence-electron chi connectivity index (χ1n) is 7.17. The topological polar surface area (TPSA) is 86.1 Å². The number of carbonyl (C=O) groups excluding carboxylic acids is 2. The largest absolute Gasteiger partial charge is 0.465 e. The summed E-state index contributed by atoms with van der Waals surface area (Å²) in [5.74, 6) is -0.870. The van der Waals surface area contributed by atoms with Gasteiger partial charge in [-0.15, -0.1) is 5.10 Å². The molecule has 2 aromatic rings. The number of hydrogen-bond acceptors (Lipinski definition) is 5. The van der Waals surface area contributed by atoms with Crippen molar-refractivity contribution >= 4 is 17.7 Å². The van der Waals surface area contributed by atoms with Crippen LogP contribution in [0.4, 0.5) is 10.2 Å². The molecule has 1 aromatic heterocycles. The van der Waals surface area contributed by atoms with Gasteiger partial charge in [0, 0.05) is 6.42 Å². The molecule has 7 nitrogen and oxygen atoms in total. The van der Waals surface area contributed by atoms with E-state index in [0.29, 0.717) is 5.56 Å². The van der Waals surface area contributed by atoms with Crippen molar-refractivity contribution in [2.45, 2.75) is 26.3 Å². The average molecular weight is 320 g/mol. The van der Waals surface area contributed by atoms with Gasteiger partial charge >= 0.3 is 5.97 Å². The predicted molar refractivity (Wildman–Crippen MR) is 80.0 cm³/mol. The molecule has 122 valence electrons. The second kappa shape index (κ2) is 8.02. The third-order valence-electron chi connectivity index (χ3n) is 2.96. The molecule has 1 N–H and O–H groups in total. The van der Waals surface area contributed by atoms with E-state index in [1.54, 1.807) is 25.1 Å². The SMILES string of the molecule is CCOC(=O)Cn1ncc(NC(=O)CCc2ccccc2F)n1. The Kier molecular flexibility index (Phi) is 5.79. The summed E-state index contributed by atoms with van der Waals surface area (Å²) in [6.45, 7) is 1.86. The molecule has 0 unspecified atom stereocenters. The van der Waals surface area contributed by atoms with Crippen molar-refractivity contribution in [2.75, 3.05) is 11.9 Å². The van der Waals surface area contributed by atoms with Crippen molar-refractivity contribution in [3.05, 3.63) is 41.8 Å². The lowest BCUT2D eigenvalue weighted by molar-refractivity contribution is -0.144. The molecule has 2 rings (SSSR count). The number of rotatable bonds is 7. The van der Waals surface area contributed by atoms with Gasteiger partial charge in [0.15, 0.2) is 12.4 Å². The van der Waals surface area contributed by atoms with E-state index in [0.717, 1.165) is 4.80 Å². The summed E-state index contributed by atoms with van der Waals surface area (Å²) < 4.78 is 18.2. The van der Waals surface area contributed by atoms with Gasteiger partial charge in [-0.1, -0.05) is 18.2 Å². The highest BCUT2D eigenvalue weighted by atomic mass is 19.1. The lowest BCUT2D eigenvalue weighted by Crippen LogP contribution is -2.16. The minimum absolute atomic E-state index is 0.117. The Labute approximate surface area is 132 Å². The van der Waals surface area contributed by atoms with Gasteiger partial charge in [0.1, 0.15) is 5.82 Å². The molecule has 8 heteroatoms. The number of aryl methyl sites for hydroxylation is 1. The zero-order valence-corrected chi connectivity index (χ0v) is 12.7. The Balaban J connectivity index is 1.82.